The van der Waals surface area contributed by atoms with Gasteiger partial charge in [-0.15, -0.1) is 0 Å². The number of hydrogen-bond acceptors (Lipinski definition) is 5. The number of aliphatic hydroxyl groups is 3. The number of rotatable bonds is 5. The van der Waals surface area contributed by atoms with E-state index in [9.17, 15) is 25.0 Å². The SMILES string of the molecule is CCC(c1ccc(O)cc1)C(O)C1C(O)=CC(O)=CC1=NP(=O)(O)O. The van der Waals surface area contributed by atoms with Gasteiger partial charge < -0.3 is 30.2 Å². The van der Waals surface area contributed by atoms with Gasteiger partial charge in [0.15, 0.2) is 0 Å². The highest BCUT2D eigenvalue weighted by molar-refractivity contribution is 7.50. The lowest BCUT2D eigenvalue weighted by Crippen LogP contribution is -2.35. The van der Waals surface area contributed by atoms with E-state index in [4.69, 9.17) is 9.79 Å². The summed E-state index contributed by atoms with van der Waals surface area (Å²) in [7, 11) is -4.83. The summed E-state index contributed by atoms with van der Waals surface area (Å²) in [4.78, 5) is 18.2. The molecule has 1 aromatic rings. The molecule has 6 N–H and O–H groups in total. The van der Waals surface area contributed by atoms with Gasteiger partial charge in [0.2, 0.25) is 0 Å². The van der Waals surface area contributed by atoms with E-state index in [0.717, 1.165) is 12.2 Å². The van der Waals surface area contributed by atoms with Gasteiger partial charge in [0.1, 0.15) is 17.3 Å². The molecule has 3 unspecified atom stereocenters. The van der Waals surface area contributed by atoms with Crippen LogP contribution in [0.1, 0.15) is 24.8 Å². The minimum atomic E-state index is -4.83. The molecule has 9 heteroatoms. The highest BCUT2D eigenvalue weighted by Gasteiger charge is 2.37. The summed E-state index contributed by atoms with van der Waals surface area (Å²) < 4.78 is 14.5. The van der Waals surface area contributed by atoms with Crippen molar-refractivity contribution in [1.82, 2.24) is 0 Å². The van der Waals surface area contributed by atoms with Crippen LogP contribution in [0, 0.1) is 5.92 Å². The quantitative estimate of drug-likeness (QED) is 0.436. The number of phenols is 1. The van der Waals surface area contributed by atoms with Gasteiger partial charge in [-0.3, -0.25) is 0 Å². The molecule has 2 rings (SSSR count). The van der Waals surface area contributed by atoms with Crippen LogP contribution < -0.4 is 0 Å². The van der Waals surface area contributed by atoms with Crippen molar-refractivity contribution in [3.63, 3.8) is 0 Å². The van der Waals surface area contributed by atoms with Gasteiger partial charge in [-0.25, -0.2) is 4.57 Å². The predicted molar refractivity (Wildman–Crippen MR) is 91.5 cm³/mol. The molecule has 1 aromatic carbocycles. The zero-order chi connectivity index (χ0) is 18.8. The van der Waals surface area contributed by atoms with Crippen molar-refractivity contribution in [3.05, 3.63) is 53.5 Å². The Kier molecular flexibility index (Phi) is 5.69. The predicted octanol–water partition coefficient (Wildman–Crippen LogP) is 2.29. The van der Waals surface area contributed by atoms with Gasteiger partial charge in [0.05, 0.1) is 17.7 Å². The molecule has 0 spiro atoms. The second kappa shape index (κ2) is 7.41. The van der Waals surface area contributed by atoms with Crippen LogP contribution in [-0.2, 0) is 4.57 Å². The van der Waals surface area contributed by atoms with Crippen LogP contribution in [0.15, 0.2) is 52.7 Å². The average Bonchev–Trinajstić information content (AvgIpc) is 2.47. The molecule has 1 aliphatic rings. The molecule has 0 fully saturated rings. The lowest BCUT2D eigenvalue weighted by Gasteiger charge is -2.31. The Labute approximate surface area is 144 Å². The van der Waals surface area contributed by atoms with E-state index >= 15 is 0 Å². The summed E-state index contributed by atoms with van der Waals surface area (Å²) in [6.07, 6.45) is 1.18. The van der Waals surface area contributed by atoms with Gasteiger partial charge >= 0.3 is 7.75 Å². The zero-order valence-corrected chi connectivity index (χ0v) is 14.3. The topological polar surface area (TPSA) is 151 Å². The standard InChI is InChI=1S/C16H20NO7P/c1-2-12(9-3-5-10(18)6-4-9)16(21)15-13(17-25(22,23)24)7-11(19)8-14(15)20/h3-8,12,15-16,18-21H,2H2,1H3,(H2,22,23,24). The molecule has 8 nitrogen and oxygen atoms in total. The summed E-state index contributed by atoms with van der Waals surface area (Å²) in [5.74, 6) is -2.52. The van der Waals surface area contributed by atoms with E-state index in [0.29, 0.717) is 12.0 Å². The second-order valence-corrected chi connectivity index (χ2v) is 6.98. The molecule has 0 heterocycles. The molecule has 3 atom stereocenters. The fourth-order valence-corrected chi connectivity index (χ4v) is 3.38. The Morgan fingerprint density at radius 2 is 1.72 bits per heavy atom. The van der Waals surface area contributed by atoms with Crippen LogP contribution in [0.2, 0.25) is 0 Å². The largest absolute Gasteiger partial charge is 0.511 e. The minimum Gasteiger partial charge on any atom is -0.511 e. The van der Waals surface area contributed by atoms with Gasteiger partial charge in [-0.2, -0.15) is 4.76 Å². The fraction of sp³-hybridized carbons (Fsp3) is 0.312. The average molecular weight is 369 g/mol. The maximum atomic E-state index is 11.2. The van der Waals surface area contributed by atoms with Crippen LogP contribution in [0.4, 0.5) is 0 Å². The van der Waals surface area contributed by atoms with E-state index in [2.05, 4.69) is 4.76 Å². The Morgan fingerprint density at radius 1 is 1.12 bits per heavy atom. The van der Waals surface area contributed by atoms with Crippen molar-refractivity contribution < 1.29 is 34.8 Å². The minimum absolute atomic E-state index is 0.0603. The van der Waals surface area contributed by atoms with E-state index in [1.807, 2.05) is 0 Å². The molecule has 0 bridgehead atoms. The van der Waals surface area contributed by atoms with Crippen molar-refractivity contribution in [2.45, 2.75) is 25.4 Å². The van der Waals surface area contributed by atoms with Crippen LogP contribution in [0.25, 0.3) is 0 Å². The number of aromatic hydroxyl groups is 1. The Balaban J connectivity index is 2.44. The van der Waals surface area contributed by atoms with Crippen molar-refractivity contribution in [2.24, 2.45) is 10.7 Å². The number of phenolic OH excluding ortho intramolecular Hbond substituents is 1. The number of hydrogen-bond donors (Lipinski definition) is 6. The van der Waals surface area contributed by atoms with Crippen molar-refractivity contribution in [3.8, 4) is 5.75 Å². The van der Waals surface area contributed by atoms with E-state index in [-0.39, 0.29) is 11.5 Å². The fourth-order valence-electron chi connectivity index (χ4n) is 2.90. The second-order valence-electron chi connectivity index (χ2n) is 5.75. The summed E-state index contributed by atoms with van der Waals surface area (Å²) in [6, 6.07) is 6.14. The van der Waals surface area contributed by atoms with E-state index in [1.165, 1.54) is 12.1 Å². The first-order valence-corrected chi connectivity index (χ1v) is 9.12. The number of allylic oxidation sites excluding steroid dienone is 2. The van der Waals surface area contributed by atoms with Gasteiger partial charge in [-0.1, -0.05) is 19.1 Å². The van der Waals surface area contributed by atoms with E-state index < -0.39 is 37.2 Å². The third-order valence-electron chi connectivity index (χ3n) is 3.99. The molecule has 0 aromatic heterocycles. The Morgan fingerprint density at radius 3 is 2.24 bits per heavy atom. The lowest BCUT2D eigenvalue weighted by molar-refractivity contribution is 0.101. The molecular formula is C16H20NO7P. The molecule has 0 amide bonds. The molecule has 1 aliphatic carbocycles. The van der Waals surface area contributed by atoms with Crippen molar-refractivity contribution in [1.29, 1.82) is 0 Å². The van der Waals surface area contributed by atoms with Crippen LogP contribution >= 0.6 is 7.75 Å². The molecule has 136 valence electrons. The van der Waals surface area contributed by atoms with Gasteiger partial charge in [-0.05, 0) is 24.1 Å². The monoisotopic (exact) mass is 369 g/mol. The molecule has 0 saturated carbocycles. The van der Waals surface area contributed by atoms with Crippen molar-refractivity contribution in [2.75, 3.05) is 0 Å². The maximum Gasteiger partial charge on any atom is 0.448 e. The van der Waals surface area contributed by atoms with E-state index in [1.54, 1.807) is 19.1 Å². The molecule has 0 aliphatic heterocycles. The molecule has 25 heavy (non-hydrogen) atoms. The molecule has 0 radical (unpaired) electrons. The summed E-state index contributed by atoms with van der Waals surface area (Å²) >= 11 is 0. The number of nitrogens with zero attached hydrogens (tertiary/aromatic N) is 1. The molecule has 0 saturated heterocycles. The van der Waals surface area contributed by atoms with Crippen LogP contribution in [0.3, 0.4) is 0 Å². The highest BCUT2D eigenvalue weighted by Crippen LogP contribution is 2.41. The van der Waals surface area contributed by atoms with Gasteiger partial charge in [0, 0.05) is 18.1 Å². The third-order valence-corrected chi connectivity index (χ3v) is 4.48. The summed E-state index contributed by atoms with van der Waals surface area (Å²) in [6.45, 7) is 1.80. The van der Waals surface area contributed by atoms with Crippen LogP contribution in [0.5, 0.6) is 5.75 Å². The summed E-state index contributed by atoms with van der Waals surface area (Å²) in [5.41, 5.74) is 0.366. The summed E-state index contributed by atoms with van der Waals surface area (Å²) in [5, 5.41) is 39.9. The Hall–Kier alpha value is -2.12. The first-order valence-electron chi connectivity index (χ1n) is 7.56. The van der Waals surface area contributed by atoms with Crippen molar-refractivity contribution >= 4 is 13.5 Å². The maximum absolute atomic E-state index is 11.2. The normalized spacial score (nSPS) is 22.2. The van der Waals surface area contributed by atoms with Crippen LogP contribution in [-0.4, -0.2) is 42.0 Å². The number of benzene rings is 1. The highest BCUT2D eigenvalue weighted by atomic mass is 31.2. The van der Waals surface area contributed by atoms with Gasteiger partial charge in [0.25, 0.3) is 0 Å². The first-order chi connectivity index (χ1) is 11.6. The first kappa shape index (κ1) is 19.2. The number of aliphatic hydroxyl groups excluding tert-OH is 3. The molecular weight excluding hydrogens is 349 g/mol. The third kappa shape index (κ3) is 4.70. The lowest BCUT2D eigenvalue weighted by atomic mass is 9.79. The Bertz CT molecular complexity index is 763. The zero-order valence-electron chi connectivity index (χ0n) is 13.4. The smallest absolute Gasteiger partial charge is 0.448 e.